The van der Waals surface area contributed by atoms with Crippen molar-refractivity contribution in [2.24, 2.45) is 0 Å². The van der Waals surface area contributed by atoms with Gasteiger partial charge in [-0.05, 0) is 49.3 Å². The lowest BCUT2D eigenvalue weighted by molar-refractivity contribution is -0.384. The molecule has 0 aliphatic heterocycles. The fourth-order valence-corrected chi connectivity index (χ4v) is 3.00. The monoisotopic (exact) mass is 440 g/mol. The lowest BCUT2D eigenvalue weighted by Crippen LogP contribution is -2.34. The molecule has 1 aromatic heterocycles. The Morgan fingerprint density at radius 1 is 1.03 bits per heavy atom. The Morgan fingerprint density at radius 3 is 2.45 bits per heavy atom. The first-order chi connectivity index (χ1) is 14.7. The SMILES string of the molecule is Cc1ccc([N+](=O)[O-])c(NC(=S)NC(=O)c2ccc(-c3cccc([N+](=O)[O-])c3)o2)c1C. The van der Waals surface area contributed by atoms with E-state index in [4.69, 9.17) is 16.6 Å². The van der Waals surface area contributed by atoms with Crippen molar-refractivity contribution in [1.82, 2.24) is 5.32 Å². The van der Waals surface area contributed by atoms with Crippen molar-refractivity contribution in [3.05, 3.63) is 85.6 Å². The number of aryl methyl sites for hydroxylation is 1. The van der Waals surface area contributed by atoms with Crippen molar-refractivity contribution < 1.29 is 19.1 Å². The minimum atomic E-state index is -0.679. The Balaban J connectivity index is 1.76. The van der Waals surface area contributed by atoms with E-state index in [9.17, 15) is 25.0 Å². The number of non-ortho nitro benzene ring substituents is 1. The second-order valence-electron chi connectivity index (χ2n) is 6.54. The summed E-state index contributed by atoms with van der Waals surface area (Å²) >= 11 is 5.13. The average molecular weight is 440 g/mol. The van der Waals surface area contributed by atoms with Crippen LogP contribution in [0.2, 0.25) is 0 Å². The highest BCUT2D eigenvalue weighted by Crippen LogP contribution is 2.30. The molecule has 11 heteroatoms. The maximum atomic E-state index is 12.5. The van der Waals surface area contributed by atoms with Crippen LogP contribution in [0.1, 0.15) is 21.7 Å². The van der Waals surface area contributed by atoms with Gasteiger partial charge in [0.05, 0.1) is 9.85 Å². The number of carbonyl (C=O) groups excluding carboxylic acids is 1. The Morgan fingerprint density at radius 2 is 1.77 bits per heavy atom. The van der Waals surface area contributed by atoms with Gasteiger partial charge in [0.25, 0.3) is 17.3 Å². The quantitative estimate of drug-likeness (QED) is 0.335. The fourth-order valence-electron chi connectivity index (χ4n) is 2.81. The minimum Gasteiger partial charge on any atom is -0.451 e. The number of furan rings is 1. The summed E-state index contributed by atoms with van der Waals surface area (Å²) in [7, 11) is 0. The molecule has 1 heterocycles. The highest BCUT2D eigenvalue weighted by molar-refractivity contribution is 7.80. The summed E-state index contributed by atoms with van der Waals surface area (Å²) in [6, 6.07) is 11.7. The van der Waals surface area contributed by atoms with Crippen LogP contribution in [0, 0.1) is 34.1 Å². The minimum absolute atomic E-state index is 0.0823. The van der Waals surface area contributed by atoms with Gasteiger partial charge in [-0.2, -0.15) is 0 Å². The maximum Gasteiger partial charge on any atom is 0.293 e. The topological polar surface area (TPSA) is 141 Å². The number of nitro groups is 2. The lowest BCUT2D eigenvalue weighted by Gasteiger charge is -2.13. The highest BCUT2D eigenvalue weighted by Gasteiger charge is 2.20. The number of nitrogens with one attached hydrogen (secondary N) is 2. The Hall–Kier alpha value is -4.12. The van der Waals surface area contributed by atoms with Gasteiger partial charge >= 0.3 is 0 Å². The third-order valence-electron chi connectivity index (χ3n) is 4.55. The molecule has 0 saturated heterocycles. The van der Waals surface area contributed by atoms with Crippen molar-refractivity contribution in [2.45, 2.75) is 13.8 Å². The van der Waals surface area contributed by atoms with Crippen molar-refractivity contribution in [2.75, 3.05) is 5.32 Å². The summed E-state index contributed by atoms with van der Waals surface area (Å²) in [5.41, 5.74) is 1.77. The van der Waals surface area contributed by atoms with E-state index in [1.54, 1.807) is 26.0 Å². The zero-order chi connectivity index (χ0) is 22.7. The van der Waals surface area contributed by atoms with Gasteiger partial charge in [0.15, 0.2) is 10.9 Å². The fraction of sp³-hybridized carbons (Fsp3) is 0.100. The van der Waals surface area contributed by atoms with Crippen LogP contribution in [-0.2, 0) is 0 Å². The van der Waals surface area contributed by atoms with E-state index in [1.807, 2.05) is 0 Å². The van der Waals surface area contributed by atoms with Gasteiger partial charge in [-0.1, -0.05) is 18.2 Å². The van der Waals surface area contributed by atoms with Gasteiger partial charge in [-0.3, -0.25) is 30.3 Å². The molecule has 158 valence electrons. The summed E-state index contributed by atoms with van der Waals surface area (Å²) in [5.74, 6) is -0.499. The number of nitro benzene ring substituents is 2. The van der Waals surface area contributed by atoms with Crippen LogP contribution in [0.25, 0.3) is 11.3 Å². The average Bonchev–Trinajstić information content (AvgIpc) is 3.22. The number of anilines is 1. The first-order valence-electron chi connectivity index (χ1n) is 8.89. The molecule has 31 heavy (non-hydrogen) atoms. The molecule has 0 atom stereocenters. The summed E-state index contributed by atoms with van der Waals surface area (Å²) in [5, 5.41) is 27.2. The zero-order valence-corrected chi connectivity index (χ0v) is 17.2. The summed E-state index contributed by atoms with van der Waals surface area (Å²) in [6.07, 6.45) is 0. The Bertz CT molecular complexity index is 1220. The number of hydrogen-bond donors (Lipinski definition) is 2. The van der Waals surface area contributed by atoms with E-state index in [2.05, 4.69) is 10.6 Å². The number of amides is 1. The lowest BCUT2D eigenvalue weighted by atomic mass is 10.1. The maximum absolute atomic E-state index is 12.5. The molecular formula is C20H16N4O6S. The van der Waals surface area contributed by atoms with Crippen LogP contribution in [0.15, 0.2) is 52.9 Å². The number of benzene rings is 2. The standard InChI is InChI=1S/C20H16N4O6S/c1-11-6-7-15(24(28)29)18(12(11)2)21-20(31)22-19(25)17-9-8-16(30-17)13-4-3-5-14(10-13)23(26)27/h3-10H,1-2H3,(H2,21,22,25,31). The van der Waals surface area contributed by atoms with Crippen LogP contribution in [0.3, 0.4) is 0 Å². The van der Waals surface area contributed by atoms with Gasteiger partial charge in [0.2, 0.25) is 0 Å². The molecule has 2 aromatic carbocycles. The molecule has 0 aliphatic carbocycles. The normalized spacial score (nSPS) is 10.4. The molecule has 0 aliphatic rings. The Labute approximate surface area is 181 Å². The smallest absolute Gasteiger partial charge is 0.293 e. The largest absolute Gasteiger partial charge is 0.451 e. The molecule has 0 saturated carbocycles. The van der Waals surface area contributed by atoms with Crippen LogP contribution >= 0.6 is 12.2 Å². The number of thiocarbonyl (C=S) groups is 1. The second-order valence-corrected chi connectivity index (χ2v) is 6.95. The summed E-state index contributed by atoms with van der Waals surface area (Å²) in [6.45, 7) is 3.50. The molecule has 10 nitrogen and oxygen atoms in total. The zero-order valence-electron chi connectivity index (χ0n) is 16.4. The first-order valence-corrected chi connectivity index (χ1v) is 9.29. The van der Waals surface area contributed by atoms with Crippen LogP contribution in [0.5, 0.6) is 0 Å². The van der Waals surface area contributed by atoms with Gasteiger partial charge in [0.1, 0.15) is 11.4 Å². The highest BCUT2D eigenvalue weighted by atomic mass is 32.1. The molecular weight excluding hydrogens is 424 g/mol. The number of nitrogens with zero attached hydrogens (tertiary/aromatic N) is 2. The molecule has 2 N–H and O–H groups in total. The number of carbonyl (C=O) groups is 1. The van der Waals surface area contributed by atoms with Crippen LogP contribution < -0.4 is 10.6 Å². The number of rotatable bonds is 5. The van der Waals surface area contributed by atoms with Crippen molar-refractivity contribution >= 4 is 40.3 Å². The third-order valence-corrected chi connectivity index (χ3v) is 4.75. The van der Waals surface area contributed by atoms with E-state index in [1.165, 1.54) is 36.4 Å². The van der Waals surface area contributed by atoms with E-state index in [-0.39, 0.29) is 33.7 Å². The molecule has 0 unspecified atom stereocenters. The third kappa shape index (κ3) is 4.73. The molecule has 0 bridgehead atoms. The molecule has 3 rings (SSSR count). The van der Waals surface area contributed by atoms with Crippen molar-refractivity contribution in [3.8, 4) is 11.3 Å². The van der Waals surface area contributed by atoms with E-state index in [0.29, 0.717) is 11.1 Å². The van der Waals surface area contributed by atoms with Crippen LogP contribution in [-0.4, -0.2) is 20.9 Å². The van der Waals surface area contributed by atoms with Crippen molar-refractivity contribution in [1.29, 1.82) is 0 Å². The summed E-state index contributed by atoms with van der Waals surface area (Å²) < 4.78 is 5.49. The molecule has 0 fully saturated rings. The van der Waals surface area contributed by atoms with Gasteiger partial charge < -0.3 is 9.73 Å². The molecule has 0 radical (unpaired) electrons. The predicted octanol–water partition coefficient (Wildman–Crippen LogP) is 4.51. The Kier molecular flexibility index (Phi) is 6.07. The predicted molar refractivity (Wildman–Crippen MR) is 117 cm³/mol. The first kappa shape index (κ1) is 21.6. The van der Waals surface area contributed by atoms with Crippen molar-refractivity contribution in [3.63, 3.8) is 0 Å². The molecule has 1 amide bonds. The van der Waals surface area contributed by atoms with Crippen LogP contribution in [0.4, 0.5) is 17.1 Å². The second kappa shape index (κ2) is 8.71. The number of hydrogen-bond acceptors (Lipinski definition) is 7. The van der Waals surface area contributed by atoms with E-state index in [0.717, 1.165) is 5.56 Å². The van der Waals surface area contributed by atoms with E-state index < -0.39 is 15.8 Å². The molecule has 3 aromatic rings. The van der Waals surface area contributed by atoms with E-state index >= 15 is 0 Å². The van der Waals surface area contributed by atoms with Gasteiger partial charge in [-0.15, -0.1) is 0 Å². The summed E-state index contributed by atoms with van der Waals surface area (Å²) in [4.78, 5) is 33.6. The van der Waals surface area contributed by atoms with Gasteiger partial charge in [-0.25, -0.2) is 0 Å². The van der Waals surface area contributed by atoms with Gasteiger partial charge in [0, 0.05) is 23.8 Å². The molecule has 0 spiro atoms.